The first-order chi connectivity index (χ1) is 18.7. The quantitative estimate of drug-likeness (QED) is 0.343. The Labute approximate surface area is 226 Å². The van der Waals surface area contributed by atoms with E-state index in [-0.39, 0.29) is 16.7 Å². The number of ether oxygens (including phenoxy) is 1. The van der Waals surface area contributed by atoms with E-state index in [9.17, 15) is 13.2 Å². The van der Waals surface area contributed by atoms with Crippen molar-refractivity contribution < 1.29 is 17.9 Å². The highest BCUT2D eigenvalue weighted by Crippen LogP contribution is 2.44. The Hall–Kier alpha value is -4.16. The van der Waals surface area contributed by atoms with Gasteiger partial charge in [-0.1, -0.05) is 18.2 Å². The number of H-pyrrole nitrogens is 1. The minimum absolute atomic E-state index is 0.165. The van der Waals surface area contributed by atoms with Gasteiger partial charge in [0.05, 0.1) is 33.3 Å². The third kappa shape index (κ3) is 5.52. The molecule has 4 aromatic rings. The van der Waals surface area contributed by atoms with Gasteiger partial charge < -0.3 is 20.7 Å². The predicted molar refractivity (Wildman–Crippen MR) is 148 cm³/mol. The lowest BCUT2D eigenvalue weighted by atomic mass is 9.87. The third-order valence-corrected chi connectivity index (χ3v) is 8.80. The molecule has 11 nitrogen and oxygen atoms in total. The summed E-state index contributed by atoms with van der Waals surface area (Å²) in [6.45, 7) is 1.32. The molecule has 4 N–H and O–H groups in total. The molecule has 1 fully saturated rings. The number of nitrogens with one attached hydrogen (secondary N) is 2. The molecule has 2 unspecified atom stereocenters. The van der Waals surface area contributed by atoms with Gasteiger partial charge in [-0.15, -0.1) is 0 Å². The SMILES string of the molecule is CN1c2ccccc2S(=O)(=O)c2ccc(C(CC3CCOC3)C(=O)Nc3ccn(C)n3)cc21.Nc1ccn[nH]1. The molecule has 0 spiro atoms. The first-order valence-electron chi connectivity index (χ1n) is 12.6. The highest BCUT2D eigenvalue weighted by atomic mass is 32.2. The Morgan fingerprint density at radius 2 is 1.95 bits per heavy atom. The van der Waals surface area contributed by atoms with Gasteiger partial charge >= 0.3 is 0 Å². The van der Waals surface area contributed by atoms with E-state index in [1.165, 1.54) is 0 Å². The molecule has 6 rings (SSSR count). The number of anilines is 4. The molecule has 2 aliphatic rings. The molecule has 1 saturated heterocycles. The van der Waals surface area contributed by atoms with Crippen molar-refractivity contribution in [1.82, 2.24) is 20.0 Å². The number of fused-ring (bicyclic) bond motifs is 2. The molecule has 4 heterocycles. The lowest BCUT2D eigenvalue weighted by Crippen LogP contribution is -2.26. The maximum absolute atomic E-state index is 13.4. The predicted octanol–water partition coefficient (Wildman–Crippen LogP) is 3.48. The van der Waals surface area contributed by atoms with E-state index in [2.05, 4.69) is 20.6 Å². The molecule has 0 radical (unpaired) electrons. The van der Waals surface area contributed by atoms with Crippen molar-refractivity contribution in [3.63, 3.8) is 0 Å². The van der Waals surface area contributed by atoms with Gasteiger partial charge in [0.25, 0.3) is 0 Å². The third-order valence-electron chi connectivity index (χ3n) is 6.95. The van der Waals surface area contributed by atoms with Crippen LogP contribution < -0.4 is 16.0 Å². The van der Waals surface area contributed by atoms with Crippen LogP contribution in [0.15, 0.2) is 76.8 Å². The van der Waals surface area contributed by atoms with Crippen LogP contribution in [0.25, 0.3) is 0 Å². The van der Waals surface area contributed by atoms with Gasteiger partial charge in [-0.05, 0) is 54.7 Å². The smallest absolute Gasteiger partial charge is 0.233 e. The fraction of sp³-hybridized carbons (Fsp3) is 0.296. The summed E-state index contributed by atoms with van der Waals surface area (Å²) >= 11 is 0. The number of hydrogen-bond donors (Lipinski definition) is 3. The minimum Gasteiger partial charge on any atom is -0.384 e. The van der Waals surface area contributed by atoms with E-state index in [0.717, 1.165) is 12.0 Å². The second-order valence-corrected chi connectivity index (χ2v) is 11.5. The Balaban J connectivity index is 0.000000455. The van der Waals surface area contributed by atoms with E-state index in [4.69, 9.17) is 10.5 Å². The van der Waals surface area contributed by atoms with Crippen molar-refractivity contribution in [2.45, 2.75) is 28.6 Å². The largest absolute Gasteiger partial charge is 0.384 e. The van der Waals surface area contributed by atoms with Crippen LogP contribution in [0.5, 0.6) is 0 Å². The number of nitrogens with two attached hydrogens (primary N) is 1. The minimum atomic E-state index is -3.64. The normalized spacial score (nSPS) is 17.9. The molecule has 2 aromatic carbocycles. The number of carbonyl (C=O) groups excluding carboxylic acids is 1. The summed E-state index contributed by atoms with van der Waals surface area (Å²) in [5, 5.41) is 13.3. The number of aryl methyl sites for hydroxylation is 1. The molecule has 204 valence electrons. The van der Waals surface area contributed by atoms with Crippen molar-refractivity contribution in [3.05, 3.63) is 72.6 Å². The standard InChI is InChI=1S/C24H26N4O4S.C3H5N3/c1-27-11-9-23(26-27)25-24(29)18(13-16-10-12-32-15-16)17-7-8-22-20(14-17)28(2)19-5-3-4-6-21(19)33(22,30)31;4-3-1-2-5-6-3/h3-9,11,14,16,18H,10,12-13,15H2,1-2H3,(H,25,26,29);1-2H,(H3,4,5,6). The number of carbonyl (C=O) groups is 1. The van der Waals surface area contributed by atoms with Gasteiger partial charge in [0.15, 0.2) is 5.82 Å². The molecule has 1 amide bonds. The number of benzene rings is 2. The van der Waals surface area contributed by atoms with Crippen LogP contribution in [0.2, 0.25) is 0 Å². The maximum Gasteiger partial charge on any atom is 0.233 e. The van der Waals surface area contributed by atoms with Crippen molar-refractivity contribution in [2.75, 3.05) is 36.2 Å². The van der Waals surface area contributed by atoms with Crippen molar-refractivity contribution in [1.29, 1.82) is 0 Å². The van der Waals surface area contributed by atoms with Crippen LogP contribution in [-0.4, -0.2) is 54.6 Å². The van der Waals surface area contributed by atoms with Gasteiger partial charge in [0.2, 0.25) is 15.7 Å². The highest BCUT2D eigenvalue weighted by molar-refractivity contribution is 7.92. The molecule has 0 aliphatic carbocycles. The second-order valence-electron chi connectivity index (χ2n) is 9.65. The topological polar surface area (TPSA) is 148 Å². The molecule has 2 aromatic heterocycles. The van der Waals surface area contributed by atoms with E-state index >= 15 is 0 Å². The van der Waals surface area contributed by atoms with E-state index in [1.54, 1.807) is 66.6 Å². The van der Waals surface area contributed by atoms with Crippen molar-refractivity contribution >= 4 is 38.8 Å². The number of amides is 1. The number of aromatic amines is 1. The number of rotatable bonds is 5. The Morgan fingerprint density at radius 3 is 2.59 bits per heavy atom. The van der Waals surface area contributed by atoms with Crippen LogP contribution in [0, 0.1) is 5.92 Å². The summed E-state index contributed by atoms with van der Waals surface area (Å²) in [6.07, 6.45) is 4.89. The molecular weight excluding hydrogens is 518 g/mol. The van der Waals surface area contributed by atoms with Crippen LogP contribution in [0.4, 0.5) is 23.0 Å². The molecule has 39 heavy (non-hydrogen) atoms. The van der Waals surface area contributed by atoms with E-state index < -0.39 is 15.8 Å². The summed E-state index contributed by atoms with van der Waals surface area (Å²) in [5.41, 5.74) is 7.13. The van der Waals surface area contributed by atoms with Crippen molar-refractivity contribution in [3.8, 4) is 0 Å². The summed E-state index contributed by atoms with van der Waals surface area (Å²) < 4.78 is 33.7. The lowest BCUT2D eigenvalue weighted by molar-refractivity contribution is -0.118. The van der Waals surface area contributed by atoms with Gasteiger partial charge in [0.1, 0.15) is 5.82 Å². The number of hydrogen-bond acceptors (Lipinski definition) is 8. The lowest BCUT2D eigenvalue weighted by Gasteiger charge is -2.31. The summed E-state index contributed by atoms with van der Waals surface area (Å²) in [5.74, 6) is 0.735. The summed E-state index contributed by atoms with van der Waals surface area (Å²) in [6, 6.07) is 15.6. The maximum atomic E-state index is 13.4. The van der Waals surface area contributed by atoms with E-state index in [1.807, 2.05) is 24.1 Å². The Morgan fingerprint density at radius 1 is 1.15 bits per heavy atom. The fourth-order valence-corrected chi connectivity index (χ4v) is 6.60. The second kappa shape index (κ2) is 10.9. The average Bonchev–Trinajstić information content (AvgIpc) is 3.71. The highest BCUT2D eigenvalue weighted by Gasteiger charge is 2.34. The molecule has 2 atom stereocenters. The fourth-order valence-electron chi connectivity index (χ4n) is 4.91. The average molecular weight is 550 g/mol. The monoisotopic (exact) mass is 549 g/mol. The first kappa shape index (κ1) is 26.4. The molecule has 0 saturated carbocycles. The number of para-hydroxylation sites is 1. The zero-order valence-corrected chi connectivity index (χ0v) is 22.6. The van der Waals surface area contributed by atoms with Crippen LogP contribution in [0.3, 0.4) is 0 Å². The van der Waals surface area contributed by atoms with Crippen LogP contribution in [0.1, 0.15) is 24.3 Å². The van der Waals surface area contributed by atoms with Gasteiger partial charge in [-0.2, -0.15) is 10.2 Å². The first-order valence-corrected chi connectivity index (χ1v) is 14.1. The molecule has 12 heteroatoms. The van der Waals surface area contributed by atoms with Gasteiger partial charge in [-0.25, -0.2) is 8.42 Å². The van der Waals surface area contributed by atoms with Gasteiger partial charge in [0, 0.05) is 39.6 Å². The molecular formula is C27H31N7O4S. The van der Waals surface area contributed by atoms with Gasteiger partial charge in [-0.3, -0.25) is 14.6 Å². The molecule has 0 bridgehead atoms. The van der Waals surface area contributed by atoms with E-state index in [0.29, 0.717) is 47.5 Å². The summed E-state index contributed by atoms with van der Waals surface area (Å²) in [4.78, 5) is 15.8. The number of sulfone groups is 1. The zero-order valence-electron chi connectivity index (χ0n) is 21.7. The van der Waals surface area contributed by atoms with Crippen LogP contribution in [-0.2, 0) is 26.4 Å². The molecule has 2 aliphatic heterocycles. The van der Waals surface area contributed by atoms with Crippen molar-refractivity contribution in [2.24, 2.45) is 13.0 Å². The number of aromatic nitrogens is 4. The number of nitrogen functional groups attached to an aromatic ring is 1. The number of nitrogens with zero attached hydrogens (tertiary/aromatic N) is 4. The van der Waals surface area contributed by atoms with Crippen LogP contribution >= 0.6 is 0 Å². The summed E-state index contributed by atoms with van der Waals surface area (Å²) in [7, 11) is 0.00323. The Kier molecular flexibility index (Phi) is 7.40. The zero-order chi connectivity index (χ0) is 27.6. The Bertz CT molecular complexity index is 1560.